The van der Waals surface area contributed by atoms with E-state index in [2.05, 4.69) is 5.32 Å². The molecule has 0 bridgehead atoms. The second-order valence-electron chi connectivity index (χ2n) is 5.08. The van der Waals surface area contributed by atoms with Gasteiger partial charge in [-0.1, -0.05) is 12.1 Å². The summed E-state index contributed by atoms with van der Waals surface area (Å²) in [7, 11) is 0. The third-order valence-corrected chi connectivity index (χ3v) is 4.33. The lowest BCUT2D eigenvalue weighted by Crippen LogP contribution is -2.15. The molecule has 8 heteroatoms. The molecule has 0 spiro atoms. The number of fused-ring (bicyclic) bond motifs is 1. The smallest absolute Gasteiger partial charge is 0.344 e. The van der Waals surface area contributed by atoms with E-state index in [1.54, 1.807) is 12.1 Å². The number of nitro benzene ring substituents is 1. The Morgan fingerprint density at radius 1 is 1.20 bits per heavy atom. The summed E-state index contributed by atoms with van der Waals surface area (Å²) in [6.45, 7) is 0. The SMILES string of the molecule is CSc1ccccc1NC(=O)c1cc2cc([N+](=O)[O-])ccc2c(=O)o1. The van der Waals surface area contributed by atoms with Crippen molar-refractivity contribution in [2.24, 2.45) is 0 Å². The fraction of sp³-hybridized carbons (Fsp3) is 0.0588. The molecule has 0 atom stereocenters. The maximum absolute atomic E-state index is 12.4. The highest BCUT2D eigenvalue weighted by Gasteiger charge is 2.16. The third-order valence-electron chi connectivity index (χ3n) is 3.53. The van der Waals surface area contributed by atoms with Gasteiger partial charge in [-0.3, -0.25) is 14.9 Å². The first-order valence-corrected chi connectivity index (χ1v) is 8.39. The Morgan fingerprint density at radius 2 is 1.96 bits per heavy atom. The van der Waals surface area contributed by atoms with Crippen LogP contribution in [0.1, 0.15) is 10.6 Å². The fourth-order valence-electron chi connectivity index (χ4n) is 2.34. The lowest BCUT2D eigenvalue weighted by molar-refractivity contribution is -0.384. The van der Waals surface area contributed by atoms with Gasteiger partial charge in [0.1, 0.15) is 0 Å². The van der Waals surface area contributed by atoms with Crippen LogP contribution in [-0.2, 0) is 0 Å². The first-order chi connectivity index (χ1) is 12.0. The Bertz CT molecular complexity index is 1040. The van der Waals surface area contributed by atoms with E-state index in [0.717, 1.165) is 4.90 Å². The molecule has 0 saturated heterocycles. The van der Waals surface area contributed by atoms with E-state index < -0.39 is 16.5 Å². The van der Waals surface area contributed by atoms with Gasteiger partial charge in [0.2, 0.25) is 0 Å². The molecule has 1 heterocycles. The van der Waals surface area contributed by atoms with Crippen molar-refractivity contribution in [2.45, 2.75) is 4.90 Å². The van der Waals surface area contributed by atoms with Gasteiger partial charge < -0.3 is 9.73 Å². The number of para-hydroxylation sites is 1. The minimum Gasteiger partial charge on any atom is -0.417 e. The highest BCUT2D eigenvalue weighted by Crippen LogP contribution is 2.25. The molecular formula is C17H12N2O5S. The molecule has 3 aromatic rings. The Morgan fingerprint density at radius 3 is 2.68 bits per heavy atom. The maximum Gasteiger partial charge on any atom is 0.344 e. The second kappa shape index (κ2) is 6.78. The van der Waals surface area contributed by atoms with Gasteiger partial charge in [-0.25, -0.2) is 4.79 Å². The van der Waals surface area contributed by atoms with Crippen molar-refractivity contribution in [2.75, 3.05) is 11.6 Å². The first-order valence-electron chi connectivity index (χ1n) is 7.16. The van der Waals surface area contributed by atoms with Gasteiger partial charge in [-0.05, 0) is 35.9 Å². The number of anilines is 1. The molecule has 25 heavy (non-hydrogen) atoms. The van der Waals surface area contributed by atoms with Crippen LogP contribution in [0, 0.1) is 10.1 Å². The number of hydrogen-bond donors (Lipinski definition) is 1. The first kappa shape index (κ1) is 16.7. The summed E-state index contributed by atoms with van der Waals surface area (Å²) in [5.74, 6) is -0.819. The van der Waals surface area contributed by atoms with Gasteiger partial charge in [-0.15, -0.1) is 11.8 Å². The normalized spacial score (nSPS) is 10.6. The minimum absolute atomic E-state index is 0.169. The number of hydrogen-bond acceptors (Lipinski definition) is 6. The zero-order chi connectivity index (χ0) is 18.0. The largest absolute Gasteiger partial charge is 0.417 e. The standard InChI is InChI=1S/C17H12N2O5S/c1-25-15-5-3-2-4-13(15)18-16(20)14-9-10-8-11(19(22)23)6-7-12(10)17(21)24-14/h2-9H,1H3,(H,18,20). The molecule has 0 aliphatic rings. The Balaban J connectivity index is 2.01. The minimum atomic E-state index is -0.726. The summed E-state index contributed by atoms with van der Waals surface area (Å²) in [5.41, 5.74) is -0.310. The quantitative estimate of drug-likeness (QED) is 0.435. The Hall–Kier alpha value is -3.13. The highest BCUT2D eigenvalue weighted by atomic mass is 32.2. The molecular weight excluding hydrogens is 344 g/mol. The monoisotopic (exact) mass is 356 g/mol. The number of amides is 1. The maximum atomic E-state index is 12.4. The molecule has 0 fully saturated rings. The van der Waals surface area contributed by atoms with E-state index >= 15 is 0 Å². The van der Waals surface area contributed by atoms with Crippen molar-refractivity contribution in [1.82, 2.24) is 0 Å². The van der Waals surface area contributed by atoms with Crippen molar-refractivity contribution < 1.29 is 14.1 Å². The van der Waals surface area contributed by atoms with E-state index in [9.17, 15) is 19.7 Å². The predicted molar refractivity (Wildman–Crippen MR) is 95.3 cm³/mol. The zero-order valence-electron chi connectivity index (χ0n) is 13.0. The van der Waals surface area contributed by atoms with Crippen molar-refractivity contribution in [3.8, 4) is 0 Å². The molecule has 0 radical (unpaired) electrons. The zero-order valence-corrected chi connectivity index (χ0v) is 13.8. The number of thioether (sulfide) groups is 1. The Kier molecular flexibility index (Phi) is 4.53. The van der Waals surface area contributed by atoms with Gasteiger partial charge >= 0.3 is 5.63 Å². The van der Waals surface area contributed by atoms with E-state index in [4.69, 9.17) is 4.42 Å². The Labute approximate surface area is 145 Å². The van der Waals surface area contributed by atoms with Crippen LogP contribution in [0.3, 0.4) is 0 Å². The number of nitrogens with zero attached hydrogens (tertiary/aromatic N) is 1. The van der Waals surface area contributed by atoms with E-state index in [0.29, 0.717) is 5.69 Å². The predicted octanol–water partition coefficient (Wildman–Crippen LogP) is 3.68. The van der Waals surface area contributed by atoms with Crippen molar-refractivity contribution in [3.05, 3.63) is 74.8 Å². The fourth-order valence-corrected chi connectivity index (χ4v) is 2.89. The summed E-state index contributed by atoms with van der Waals surface area (Å²) >= 11 is 1.46. The molecule has 2 aromatic carbocycles. The van der Waals surface area contributed by atoms with Gasteiger partial charge in [0, 0.05) is 17.0 Å². The van der Waals surface area contributed by atoms with Crippen LogP contribution in [0.15, 0.2) is 62.6 Å². The summed E-state index contributed by atoms with van der Waals surface area (Å²) in [5, 5.41) is 14.0. The van der Waals surface area contributed by atoms with Gasteiger partial charge in [-0.2, -0.15) is 0 Å². The average Bonchev–Trinajstić information content (AvgIpc) is 2.61. The van der Waals surface area contributed by atoms with Crippen molar-refractivity contribution in [3.63, 3.8) is 0 Å². The van der Waals surface area contributed by atoms with E-state index in [1.807, 2.05) is 18.4 Å². The van der Waals surface area contributed by atoms with Crippen LogP contribution >= 0.6 is 11.8 Å². The van der Waals surface area contributed by atoms with E-state index in [-0.39, 0.29) is 22.2 Å². The summed E-state index contributed by atoms with van der Waals surface area (Å²) in [6, 6.07) is 12.3. The van der Waals surface area contributed by atoms with Gasteiger partial charge in [0.15, 0.2) is 5.76 Å². The summed E-state index contributed by atoms with van der Waals surface area (Å²) < 4.78 is 5.05. The number of benzene rings is 2. The van der Waals surface area contributed by atoms with Crippen LogP contribution < -0.4 is 10.9 Å². The molecule has 1 N–H and O–H groups in total. The van der Waals surface area contributed by atoms with Crippen molar-refractivity contribution >= 4 is 39.8 Å². The third kappa shape index (κ3) is 3.38. The van der Waals surface area contributed by atoms with Crippen LogP contribution in [-0.4, -0.2) is 17.1 Å². The van der Waals surface area contributed by atoms with Crippen LogP contribution in [0.5, 0.6) is 0 Å². The molecule has 1 amide bonds. The number of carbonyl (C=O) groups is 1. The highest BCUT2D eigenvalue weighted by molar-refractivity contribution is 7.98. The number of carbonyl (C=O) groups excluding carboxylic acids is 1. The second-order valence-corrected chi connectivity index (χ2v) is 5.93. The van der Waals surface area contributed by atoms with Gasteiger partial charge in [0.25, 0.3) is 11.6 Å². The molecule has 0 saturated carbocycles. The number of nitrogens with one attached hydrogen (secondary N) is 1. The molecule has 0 aliphatic heterocycles. The molecule has 7 nitrogen and oxygen atoms in total. The summed E-state index contributed by atoms with van der Waals surface area (Å²) in [6.07, 6.45) is 1.88. The molecule has 1 aromatic heterocycles. The number of non-ortho nitro benzene ring substituents is 1. The topological polar surface area (TPSA) is 102 Å². The van der Waals surface area contributed by atoms with Gasteiger partial charge in [0.05, 0.1) is 16.0 Å². The molecule has 0 unspecified atom stereocenters. The molecule has 3 rings (SSSR count). The lowest BCUT2D eigenvalue weighted by Gasteiger charge is -2.08. The number of nitro groups is 1. The van der Waals surface area contributed by atoms with Crippen LogP contribution in [0.2, 0.25) is 0 Å². The van der Waals surface area contributed by atoms with Crippen LogP contribution in [0.4, 0.5) is 11.4 Å². The molecule has 126 valence electrons. The molecule has 0 aliphatic carbocycles. The van der Waals surface area contributed by atoms with E-state index in [1.165, 1.54) is 36.0 Å². The lowest BCUT2D eigenvalue weighted by atomic mass is 10.1. The number of rotatable bonds is 4. The average molecular weight is 356 g/mol. The summed E-state index contributed by atoms with van der Waals surface area (Å²) in [4.78, 5) is 35.6. The van der Waals surface area contributed by atoms with Crippen molar-refractivity contribution in [1.29, 1.82) is 0 Å². The van der Waals surface area contributed by atoms with Crippen LogP contribution in [0.25, 0.3) is 10.8 Å².